The molecule has 0 saturated carbocycles. The van der Waals surface area contributed by atoms with Gasteiger partial charge >= 0.3 is 0 Å². The molecule has 0 aliphatic heterocycles. The number of carbonyl (C=O) groups is 2. The summed E-state index contributed by atoms with van der Waals surface area (Å²) in [6.45, 7) is 3.99. The Labute approximate surface area is 127 Å². The molecule has 1 heterocycles. The number of thioether (sulfide) groups is 1. The maximum absolute atomic E-state index is 12.4. The van der Waals surface area contributed by atoms with Crippen molar-refractivity contribution in [3.63, 3.8) is 0 Å². The first-order chi connectivity index (χ1) is 9.67. The van der Waals surface area contributed by atoms with Gasteiger partial charge in [0.25, 0.3) is 0 Å². The second kappa shape index (κ2) is 7.04. The summed E-state index contributed by atoms with van der Waals surface area (Å²) >= 11 is 2.79. The van der Waals surface area contributed by atoms with Crippen molar-refractivity contribution in [3.05, 3.63) is 29.8 Å². The standard InChI is InChI=1S/C16H18O2S2/c1-3-7-12(17)15-11-9-5-6-10-13(11)19-16(15)20-14(18)8-4-2/h5-6,9-10H,3-4,7-8H2,1-2H3. The molecule has 0 unspecified atom stereocenters. The summed E-state index contributed by atoms with van der Waals surface area (Å²) < 4.78 is 1.95. The molecule has 106 valence electrons. The van der Waals surface area contributed by atoms with Crippen LogP contribution in [0.5, 0.6) is 0 Å². The molecule has 0 aliphatic rings. The zero-order valence-corrected chi connectivity index (χ0v) is 13.4. The van der Waals surface area contributed by atoms with Crippen LogP contribution in [-0.2, 0) is 4.79 Å². The molecule has 1 aromatic carbocycles. The van der Waals surface area contributed by atoms with E-state index in [9.17, 15) is 9.59 Å². The van der Waals surface area contributed by atoms with Crippen LogP contribution in [0.15, 0.2) is 28.5 Å². The first kappa shape index (κ1) is 15.3. The molecule has 2 aromatic rings. The van der Waals surface area contributed by atoms with E-state index in [1.54, 1.807) is 11.3 Å². The second-order valence-corrected chi connectivity index (χ2v) is 7.04. The van der Waals surface area contributed by atoms with Crippen LogP contribution < -0.4 is 0 Å². The van der Waals surface area contributed by atoms with Crippen molar-refractivity contribution in [2.24, 2.45) is 0 Å². The molecular formula is C16H18O2S2. The number of hydrogen-bond acceptors (Lipinski definition) is 4. The lowest BCUT2D eigenvalue weighted by molar-refractivity contribution is -0.111. The predicted molar refractivity (Wildman–Crippen MR) is 86.8 cm³/mol. The van der Waals surface area contributed by atoms with Crippen molar-refractivity contribution in [2.75, 3.05) is 0 Å². The molecule has 0 radical (unpaired) electrons. The molecule has 0 atom stereocenters. The Balaban J connectivity index is 2.44. The number of Topliss-reactive ketones (excluding diaryl/α,β-unsaturated/α-hetero) is 1. The number of fused-ring (bicyclic) bond motifs is 1. The van der Waals surface area contributed by atoms with E-state index in [1.165, 1.54) is 11.8 Å². The third-order valence-electron chi connectivity index (χ3n) is 2.98. The molecule has 20 heavy (non-hydrogen) atoms. The van der Waals surface area contributed by atoms with Gasteiger partial charge in [0, 0.05) is 22.9 Å². The van der Waals surface area contributed by atoms with Crippen molar-refractivity contribution in [1.29, 1.82) is 0 Å². The number of benzene rings is 1. The van der Waals surface area contributed by atoms with Gasteiger partial charge in [0.05, 0.1) is 9.77 Å². The minimum Gasteiger partial charge on any atom is -0.294 e. The maximum Gasteiger partial charge on any atom is 0.194 e. The highest BCUT2D eigenvalue weighted by atomic mass is 32.2. The zero-order chi connectivity index (χ0) is 14.5. The van der Waals surface area contributed by atoms with E-state index < -0.39 is 0 Å². The molecule has 0 aliphatic carbocycles. The van der Waals surface area contributed by atoms with Crippen molar-refractivity contribution < 1.29 is 9.59 Å². The van der Waals surface area contributed by atoms with E-state index in [4.69, 9.17) is 0 Å². The summed E-state index contributed by atoms with van der Waals surface area (Å²) in [6, 6.07) is 7.90. The number of rotatable bonds is 6. The minimum atomic E-state index is 0.143. The van der Waals surface area contributed by atoms with Crippen molar-refractivity contribution >= 4 is 44.1 Å². The Bertz CT molecular complexity index is 628. The molecule has 0 saturated heterocycles. The molecular weight excluding hydrogens is 288 g/mol. The van der Waals surface area contributed by atoms with Crippen LogP contribution in [0, 0.1) is 0 Å². The Morgan fingerprint density at radius 1 is 1.10 bits per heavy atom. The van der Waals surface area contributed by atoms with Crippen LogP contribution in [0.3, 0.4) is 0 Å². The van der Waals surface area contributed by atoms with Gasteiger partial charge in [0.1, 0.15) is 0 Å². The summed E-state index contributed by atoms with van der Waals surface area (Å²) in [5.74, 6) is 0.150. The summed E-state index contributed by atoms with van der Waals surface area (Å²) in [4.78, 5) is 24.2. The van der Waals surface area contributed by atoms with E-state index in [0.29, 0.717) is 12.8 Å². The quantitative estimate of drug-likeness (QED) is 0.536. The Hall–Kier alpha value is -1.13. The monoisotopic (exact) mass is 306 g/mol. The van der Waals surface area contributed by atoms with Gasteiger partial charge in [-0.1, -0.05) is 32.0 Å². The maximum atomic E-state index is 12.4. The SMILES string of the molecule is CCCC(=O)Sc1sc2ccccc2c1C(=O)CCC. The lowest BCUT2D eigenvalue weighted by Gasteiger charge is -2.02. The van der Waals surface area contributed by atoms with E-state index in [-0.39, 0.29) is 10.9 Å². The fourth-order valence-electron chi connectivity index (χ4n) is 2.07. The fourth-order valence-corrected chi connectivity index (χ4v) is 4.58. The smallest absolute Gasteiger partial charge is 0.194 e. The molecule has 2 rings (SSSR count). The molecule has 1 aromatic heterocycles. The van der Waals surface area contributed by atoms with Crippen LogP contribution in [0.2, 0.25) is 0 Å². The number of carbonyl (C=O) groups excluding carboxylic acids is 2. The molecule has 0 spiro atoms. The molecule has 2 nitrogen and oxygen atoms in total. The lowest BCUT2D eigenvalue weighted by Crippen LogP contribution is -1.99. The summed E-state index contributed by atoms with van der Waals surface area (Å²) in [5, 5.41) is 1.13. The van der Waals surface area contributed by atoms with Gasteiger partial charge in [-0.15, -0.1) is 11.3 Å². The largest absolute Gasteiger partial charge is 0.294 e. The molecule has 0 N–H and O–H groups in total. The molecule has 0 bridgehead atoms. The van der Waals surface area contributed by atoms with E-state index in [0.717, 1.165) is 32.7 Å². The van der Waals surface area contributed by atoms with Crippen LogP contribution in [0.1, 0.15) is 49.9 Å². The van der Waals surface area contributed by atoms with Gasteiger partial charge in [-0.2, -0.15) is 0 Å². The highest BCUT2D eigenvalue weighted by Crippen LogP contribution is 2.39. The molecule has 0 fully saturated rings. The average molecular weight is 306 g/mol. The number of thiophene rings is 1. The summed E-state index contributed by atoms with van der Waals surface area (Å²) in [5.41, 5.74) is 0.752. The Kier molecular flexibility index (Phi) is 5.38. The van der Waals surface area contributed by atoms with E-state index >= 15 is 0 Å². The van der Waals surface area contributed by atoms with Gasteiger partial charge in [0.2, 0.25) is 0 Å². The molecule has 4 heteroatoms. The van der Waals surface area contributed by atoms with Crippen LogP contribution in [0.4, 0.5) is 0 Å². The van der Waals surface area contributed by atoms with Gasteiger partial charge in [-0.3, -0.25) is 9.59 Å². The third kappa shape index (κ3) is 3.30. The Morgan fingerprint density at radius 2 is 1.80 bits per heavy atom. The fraction of sp³-hybridized carbons (Fsp3) is 0.375. The van der Waals surface area contributed by atoms with Gasteiger partial charge in [0.15, 0.2) is 10.9 Å². The highest BCUT2D eigenvalue weighted by Gasteiger charge is 2.20. The van der Waals surface area contributed by atoms with E-state index in [2.05, 4.69) is 0 Å². The topological polar surface area (TPSA) is 34.1 Å². The van der Waals surface area contributed by atoms with Crippen LogP contribution >= 0.6 is 23.1 Å². The van der Waals surface area contributed by atoms with E-state index in [1.807, 2.05) is 38.1 Å². The third-order valence-corrected chi connectivity index (χ3v) is 5.27. The van der Waals surface area contributed by atoms with Gasteiger partial charge < -0.3 is 0 Å². The van der Waals surface area contributed by atoms with Crippen molar-refractivity contribution in [1.82, 2.24) is 0 Å². The average Bonchev–Trinajstić information content (AvgIpc) is 2.76. The first-order valence-corrected chi connectivity index (χ1v) is 8.56. The van der Waals surface area contributed by atoms with Crippen LogP contribution in [-0.4, -0.2) is 10.9 Å². The van der Waals surface area contributed by atoms with Gasteiger partial charge in [-0.05, 0) is 30.7 Å². The lowest BCUT2D eigenvalue weighted by atomic mass is 10.1. The predicted octanol–water partition coefficient (Wildman–Crippen LogP) is 5.30. The zero-order valence-electron chi connectivity index (χ0n) is 11.8. The van der Waals surface area contributed by atoms with Gasteiger partial charge in [-0.25, -0.2) is 0 Å². The highest BCUT2D eigenvalue weighted by molar-refractivity contribution is 8.15. The second-order valence-electron chi connectivity index (χ2n) is 4.66. The summed E-state index contributed by atoms with van der Waals surface area (Å²) in [6.07, 6.45) is 2.77. The Morgan fingerprint density at radius 3 is 2.50 bits per heavy atom. The first-order valence-electron chi connectivity index (χ1n) is 6.92. The normalized spacial score (nSPS) is 10.9. The van der Waals surface area contributed by atoms with Crippen molar-refractivity contribution in [3.8, 4) is 0 Å². The molecule has 0 amide bonds. The minimum absolute atomic E-state index is 0.143. The number of hydrogen-bond donors (Lipinski definition) is 0. The van der Waals surface area contributed by atoms with Crippen molar-refractivity contribution in [2.45, 2.75) is 43.7 Å². The summed E-state index contributed by atoms with van der Waals surface area (Å²) in [7, 11) is 0. The van der Waals surface area contributed by atoms with Crippen LogP contribution in [0.25, 0.3) is 10.1 Å². The number of ketones is 1.